The van der Waals surface area contributed by atoms with E-state index in [1.165, 1.54) is 0 Å². The first-order chi connectivity index (χ1) is 10.2. The molecule has 1 aromatic rings. The molecule has 6 nitrogen and oxygen atoms in total. The predicted molar refractivity (Wildman–Crippen MR) is 81.4 cm³/mol. The van der Waals surface area contributed by atoms with Crippen LogP contribution < -0.4 is 20.9 Å². The van der Waals surface area contributed by atoms with Crippen molar-refractivity contribution in [1.82, 2.24) is 10.6 Å². The van der Waals surface area contributed by atoms with E-state index in [-0.39, 0.29) is 17.9 Å². The van der Waals surface area contributed by atoms with E-state index < -0.39 is 0 Å². The molecule has 21 heavy (non-hydrogen) atoms. The Bertz CT molecular complexity index is 540. The number of anilines is 2. The van der Waals surface area contributed by atoms with Gasteiger partial charge in [0, 0.05) is 31.0 Å². The maximum atomic E-state index is 12.2. The van der Waals surface area contributed by atoms with Crippen LogP contribution in [0, 0.1) is 5.92 Å². The van der Waals surface area contributed by atoms with E-state index in [0.29, 0.717) is 13.1 Å². The third-order valence-corrected chi connectivity index (χ3v) is 3.95. The number of urea groups is 1. The minimum absolute atomic E-state index is 0.0255. The van der Waals surface area contributed by atoms with Crippen molar-refractivity contribution in [3.8, 4) is 0 Å². The molecule has 1 aromatic carbocycles. The van der Waals surface area contributed by atoms with Gasteiger partial charge < -0.3 is 16.0 Å². The summed E-state index contributed by atoms with van der Waals surface area (Å²) in [6, 6.07) is 7.35. The monoisotopic (exact) mass is 288 g/mol. The van der Waals surface area contributed by atoms with E-state index in [1.807, 2.05) is 24.3 Å². The van der Waals surface area contributed by atoms with E-state index in [9.17, 15) is 9.59 Å². The molecular weight excluding hydrogens is 268 g/mol. The Labute approximate surface area is 123 Å². The molecule has 0 radical (unpaired) electrons. The van der Waals surface area contributed by atoms with Crippen LogP contribution in [0.15, 0.2) is 24.3 Å². The van der Waals surface area contributed by atoms with Gasteiger partial charge in [0.05, 0.1) is 5.92 Å². The molecule has 3 rings (SSSR count). The third kappa shape index (κ3) is 3.16. The van der Waals surface area contributed by atoms with E-state index in [2.05, 4.69) is 16.0 Å². The minimum atomic E-state index is -0.0880. The number of carbonyl (C=O) groups is 2. The number of nitrogens with one attached hydrogen (secondary N) is 3. The van der Waals surface area contributed by atoms with Gasteiger partial charge in [0.2, 0.25) is 5.91 Å². The highest BCUT2D eigenvalue weighted by Gasteiger charge is 2.23. The van der Waals surface area contributed by atoms with Gasteiger partial charge >= 0.3 is 6.03 Å². The molecule has 0 aliphatic carbocycles. The van der Waals surface area contributed by atoms with Crippen LogP contribution in [0.2, 0.25) is 0 Å². The maximum Gasteiger partial charge on any atom is 0.321 e. The van der Waals surface area contributed by atoms with E-state index in [1.54, 1.807) is 4.90 Å². The average Bonchev–Trinajstić information content (AvgIpc) is 2.94. The van der Waals surface area contributed by atoms with Gasteiger partial charge in [-0.1, -0.05) is 6.07 Å². The van der Waals surface area contributed by atoms with Crippen LogP contribution >= 0.6 is 0 Å². The minimum Gasteiger partial charge on any atom is -0.336 e. The van der Waals surface area contributed by atoms with Gasteiger partial charge in [-0.15, -0.1) is 0 Å². The first-order valence-electron chi connectivity index (χ1n) is 7.41. The molecule has 0 saturated carbocycles. The number of hydrogen-bond acceptors (Lipinski definition) is 3. The Hall–Kier alpha value is -2.08. The number of hydrogen-bond donors (Lipinski definition) is 3. The standard InChI is InChI=1S/C15H20N4O2/c20-14(11-3-2-6-16-10-11)18-12-4-1-5-13(9-12)19-8-7-17-15(19)21/h1,4-5,9,11,16H,2-3,6-8,10H2,(H,17,21)(H,18,20). The second kappa shape index (κ2) is 6.13. The number of rotatable bonds is 3. The molecule has 0 bridgehead atoms. The van der Waals surface area contributed by atoms with Gasteiger partial charge in [0.15, 0.2) is 0 Å². The van der Waals surface area contributed by atoms with Crippen LogP contribution in [0.25, 0.3) is 0 Å². The summed E-state index contributed by atoms with van der Waals surface area (Å²) >= 11 is 0. The van der Waals surface area contributed by atoms with Gasteiger partial charge in [-0.2, -0.15) is 0 Å². The zero-order valence-corrected chi connectivity index (χ0v) is 11.9. The lowest BCUT2D eigenvalue weighted by atomic mass is 9.99. The summed E-state index contributed by atoms with van der Waals surface area (Å²) in [6.45, 7) is 3.04. The van der Waals surface area contributed by atoms with Crippen molar-refractivity contribution in [2.75, 3.05) is 36.4 Å². The normalized spacial score (nSPS) is 22.0. The van der Waals surface area contributed by atoms with Crippen LogP contribution in [0.3, 0.4) is 0 Å². The lowest BCUT2D eigenvalue weighted by Gasteiger charge is -2.22. The lowest BCUT2D eigenvalue weighted by Crippen LogP contribution is -2.37. The van der Waals surface area contributed by atoms with Crippen molar-refractivity contribution < 1.29 is 9.59 Å². The van der Waals surface area contributed by atoms with E-state index in [4.69, 9.17) is 0 Å². The summed E-state index contributed by atoms with van der Waals surface area (Å²) in [6.07, 6.45) is 1.96. The summed E-state index contributed by atoms with van der Waals surface area (Å²) in [5, 5.41) is 8.97. The number of nitrogens with zero attached hydrogens (tertiary/aromatic N) is 1. The molecule has 2 aliphatic heterocycles. The molecule has 3 amide bonds. The molecule has 1 unspecified atom stereocenters. The number of amides is 3. The Kier molecular flexibility index (Phi) is 4.06. The summed E-state index contributed by atoms with van der Waals surface area (Å²) in [5.74, 6) is 0.0720. The highest BCUT2D eigenvalue weighted by atomic mass is 16.2. The fourth-order valence-corrected chi connectivity index (χ4v) is 2.79. The molecule has 6 heteroatoms. The van der Waals surface area contributed by atoms with E-state index >= 15 is 0 Å². The highest BCUT2D eigenvalue weighted by molar-refractivity contribution is 5.96. The molecule has 112 valence electrons. The molecule has 2 saturated heterocycles. The second-order valence-corrected chi connectivity index (χ2v) is 5.47. The third-order valence-electron chi connectivity index (χ3n) is 3.95. The predicted octanol–water partition coefficient (Wildman–Crippen LogP) is 1.15. The van der Waals surface area contributed by atoms with Gasteiger partial charge in [0.25, 0.3) is 0 Å². The zero-order chi connectivity index (χ0) is 14.7. The first kappa shape index (κ1) is 13.9. The van der Waals surface area contributed by atoms with Gasteiger partial charge in [-0.3, -0.25) is 9.69 Å². The largest absolute Gasteiger partial charge is 0.336 e. The summed E-state index contributed by atoms with van der Waals surface area (Å²) in [4.78, 5) is 25.6. The summed E-state index contributed by atoms with van der Waals surface area (Å²) < 4.78 is 0. The topological polar surface area (TPSA) is 73.5 Å². The molecular formula is C15H20N4O2. The molecule has 0 spiro atoms. The van der Waals surface area contributed by atoms with Crippen molar-refractivity contribution in [2.24, 2.45) is 5.92 Å². The number of benzene rings is 1. The molecule has 0 aromatic heterocycles. The summed E-state index contributed by atoms with van der Waals surface area (Å²) in [5.41, 5.74) is 1.55. The smallest absolute Gasteiger partial charge is 0.321 e. The Balaban J connectivity index is 1.68. The fraction of sp³-hybridized carbons (Fsp3) is 0.467. The van der Waals surface area contributed by atoms with Gasteiger partial charge in [-0.25, -0.2) is 4.79 Å². The lowest BCUT2D eigenvalue weighted by molar-refractivity contribution is -0.120. The van der Waals surface area contributed by atoms with Gasteiger partial charge in [0.1, 0.15) is 0 Å². The Morgan fingerprint density at radius 1 is 1.33 bits per heavy atom. The van der Waals surface area contributed by atoms with Crippen LogP contribution in [0.5, 0.6) is 0 Å². The first-order valence-corrected chi connectivity index (χ1v) is 7.41. The van der Waals surface area contributed by atoms with E-state index in [0.717, 1.165) is 37.3 Å². The molecule has 2 aliphatic rings. The van der Waals surface area contributed by atoms with Crippen LogP contribution in [-0.2, 0) is 4.79 Å². The highest BCUT2D eigenvalue weighted by Crippen LogP contribution is 2.22. The molecule has 2 fully saturated rings. The fourth-order valence-electron chi connectivity index (χ4n) is 2.79. The average molecular weight is 288 g/mol. The molecule has 1 atom stereocenters. The SMILES string of the molecule is O=C(Nc1cccc(N2CCNC2=O)c1)C1CCCNC1. The molecule has 3 N–H and O–H groups in total. The quantitative estimate of drug-likeness (QED) is 0.781. The summed E-state index contributed by atoms with van der Waals surface area (Å²) in [7, 11) is 0. The number of piperidine rings is 1. The second-order valence-electron chi connectivity index (χ2n) is 5.47. The van der Waals surface area contributed by atoms with Crippen LogP contribution in [0.1, 0.15) is 12.8 Å². The number of carbonyl (C=O) groups excluding carboxylic acids is 2. The van der Waals surface area contributed by atoms with Crippen molar-refractivity contribution in [3.05, 3.63) is 24.3 Å². The van der Waals surface area contributed by atoms with Crippen LogP contribution in [0.4, 0.5) is 16.2 Å². The maximum absolute atomic E-state index is 12.2. The zero-order valence-electron chi connectivity index (χ0n) is 11.9. The Morgan fingerprint density at radius 3 is 2.95 bits per heavy atom. The van der Waals surface area contributed by atoms with Crippen molar-refractivity contribution >= 4 is 23.3 Å². The van der Waals surface area contributed by atoms with Crippen molar-refractivity contribution in [2.45, 2.75) is 12.8 Å². The Morgan fingerprint density at radius 2 is 2.24 bits per heavy atom. The van der Waals surface area contributed by atoms with Crippen LogP contribution in [-0.4, -0.2) is 38.1 Å². The van der Waals surface area contributed by atoms with Crippen molar-refractivity contribution in [3.63, 3.8) is 0 Å². The molecule has 2 heterocycles. The van der Waals surface area contributed by atoms with Gasteiger partial charge in [-0.05, 0) is 37.6 Å². The van der Waals surface area contributed by atoms with Crippen molar-refractivity contribution in [1.29, 1.82) is 0 Å².